The van der Waals surface area contributed by atoms with Crippen molar-refractivity contribution in [2.24, 2.45) is 17.6 Å². The molecule has 1 aliphatic rings. The summed E-state index contributed by atoms with van der Waals surface area (Å²) < 4.78 is 0. The Hall–Kier alpha value is -1.39. The monoisotopic (exact) mass is 289 g/mol. The Bertz CT molecular complexity index is 437. The normalized spacial score (nSPS) is 26.5. The lowest BCUT2D eigenvalue weighted by Crippen LogP contribution is -2.54. The van der Waals surface area contributed by atoms with Gasteiger partial charge in [0.25, 0.3) is 0 Å². The van der Waals surface area contributed by atoms with Gasteiger partial charge < -0.3 is 11.1 Å². The molecule has 0 bridgehead atoms. The molecule has 2 rings (SSSR count). The third-order valence-electron chi connectivity index (χ3n) is 4.27. The average Bonchev–Trinajstić information content (AvgIpc) is 2.44. The quantitative estimate of drug-likeness (QED) is 0.866. The summed E-state index contributed by atoms with van der Waals surface area (Å²) in [5.74, 6) is 0.996. The molecule has 0 spiro atoms. The van der Waals surface area contributed by atoms with Gasteiger partial charge in [0, 0.05) is 38.6 Å². The molecule has 4 nitrogen and oxygen atoms in total. The number of nitrogens with one attached hydrogen (secondary N) is 1. The average molecular weight is 289 g/mol. The van der Waals surface area contributed by atoms with E-state index in [0.29, 0.717) is 24.8 Å². The molecule has 1 aromatic rings. The summed E-state index contributed by atoms with van der Waals surface area (Å²) in [6, 6.07) is 10.8. The molecule has 1 aromatic carbocycles. The fraction of sp³-hybridized carbons (Fsp3) is 0.588. The second-order valence-corrected chi connectivity index (χ2v) is 6.27. The zero-order valence-electron chi connectivity index (χ0n) is 13.1. The Kier molecular flexibility index (Phi) is 5.76. The molecule has 21 heavy (non-hydrogen) atoms. The number of nitrogens with zero attached hydrogens (tertiary/aromatic N) is 1. The molecule has 4 heteroatoms. The largest absolute Gasteiger partial charge is 0.353 e. The zero-order valence-corrected chi connectivity index (χ0v) is 13.1. The molecule has 1 fully saturated rings. The van der Waals surface area contributed by atoms with Gasteiger partial charge >= 0.3 is 0 Å². The predicted molar refractivity (Wildman–Crippen MR) is 85.6 cm³/mol. The summed E-state index contributed by atoms with van der Waals surface area (Å²) in [4.78, 5) is 14.3. The highest BCUT2D eigenvalue weighted by atomic mass is 16.1. The van der Waals surface area contributed by atoms with Gasteiger partial charge in [-0.3, -0.25) is 9.69 Å². The summed E-state index contributed by atoms with van der Waals surface area (Å²) in [7, 11) is 0. The van der Waals surface area contributed by atoms with Gasteiger partial charge in [-0.1, -0.05) is 44.2 Å². The summed E-state index contributed by atoms with van der Waals surface area (Å²) in [5, 5.41) is 3.16. The van der Waals surface area contributed by atoms with Crippen LogP contribution in [-0.2, 0) is 11.3 Å². The van der Waals surface area contributed by atoms with E-state index in [2.05, 4.69) is 48.3 Å². The van der Waals surface area contributed by atoms with Gasteiger partial charge in [0.05, 0.1) is 0 Å². The predicted octanol–water partition coefficient (Wildman–Crippen LogP) is 1.61. The third kappa shape index (κ3) is 4.55. The van der Waals surface area contributed by atoms with Crippen LogP contribution in [-0.4, -0.2) is 36.5 Å². The first kappa shape index (κ1) is 16.0. The number of carbonyl (C=O) groups excluding carboxylic acids is 1. The maximum absolute atomic E-state index is 11.8. The zero-order chi connectivity index (χ0) is 15.2. The molecular weight excluding hydrogens is 262 g/mol. The third-order valence-corrected chi connectivity index (χ3v) is 4.27. The van der Waals surface area contributed by atoms with Gasteiger partial charge in [0.2, 0.25) is 5.91 Å². The van der Waals surface area contributed by atoms with Gasteiger partial charge in [-0.05, 0) is 17.4 Å². The topological polar surface area (TPSA) is 58.4 Å². The van der Waals surface area contributed by atoms with Crippen molar-refractivity contribution in [3.05, 3.63) is 35.9 Å². The molecule has 116 valence electrons. The van der Waals surface area contributed by atoms with E-state index in [1.165, 1.54) is 5.56 Å². The second-order valence-electron chi connectivity index (χ2n) is 6.27. The summed E-state index contributed by atoms with van der Waals surface area (Å²) in [6.07, 6.45) is 0.420. The molecule has 3 N–H and O–H groups in total. The maximum Gasteiger partial charge on any atom is 0.221 e. The smallest absolute Gasteiger partial charge is 0.221 e. The molecule has 2 unspecified atom stereocenters. The van der Waals surface area contributed by atoms with Crippen molar-refractivity contribution in [3.8, 4) is 0 Å². The number of rotatable bonds is 5. The highest BCUT2D eigenvalue weighted by molar-refractivity contribution is 5.76. The Balaban J connectivity index is 1.90. The minimum absolute atomic E-state index is 0.0812. The lowest BCUT2D eigenvalue weighted by molar-refractivity contribution is -0.122. The van der Waals surface area contributed by atoms with Crippen LogP contribution in [0.5, 0.6) is 0 Å². The van der Waals surface area contributed by atoms with Crippen molar-refractivity contribution in [1.82, 2.24) is 10.2 Å². The molecule has 0 aliphatic carbocycles. The van der Waals surface area contributed by atoms with E-state index < -0.39 is 0 Å². The molecule has 1 aliphatic heterocycles. The Morgan fingerprint density at radius 1 is 1.24 bits per heavy atom. The van der Waals surface area contributed by atoms with Crippen molar-refractivity contribution in [1.29, 1.82) is 0 Å². The van der Waals surface area contributed by atoms with Crippen molar-refractivity contribution in [2.45, 2.75) is 32.9 Å². The van der Waals surface area contributed by atoms with Crippen molar-refractivity contribution in [3.63, 3.8) is 0 Å². The molecule has 0 radical (unpaired) electrons. The number of benzene rings is 1. The SMILES string of the molecule is CC1CN(Cc2ccccc2)CC(C)C1NC(=O)CCN. The first-order chi connectivity index (χ1) is 10.1. The number of hydrogen-bond donors (Lipinski definition) is 2. The summed E-state index contributed by atoms with van der Waals surface area (Å²) in [6.45, 7) is 7.89. The fourth-order valence-corrected chi connectivity index (χ4v) is 3.32. The van der Waals surface area contributed by atoms with E-state index in [0.717, 1.165) is 19.6 Å². The summed E-state index contributed by atoms with van der Waals surface area (Å²) >= 11 is 0. The Morgan fingerprint density at radius 3 is 2.43 bits per heavy atom. The van der Waals surface area contributed by atoms with Crippen LogP contribution in [0.2, 0.25) is 0 Å². The van der Waals surface area contributed by atoms with E-state index in [1.807, 2.05) is 6.07 Å². The number of likely N-dealkylation sites (tertiary alicyclic amines) is 1. The maximum atomic E-state index is 11.8. The van der Waals surface area contributed by atoms with Crippen LogP contribution >= 0.6 is 0 Å². The second kappa shape index (κ2) is 7.57. The number of nitrogens with two attached hydrogens (primary N) is 1. The van der Waals surface area contributed by atoms with Crippen LogP contribution in [0.1, 0.15) is 25.8 Å². The van der Waals surface area contributed by atoms with Crippen molar-refractivity contribution < 1.29 is 4.79 Å². The van der Waals surface area contributed by atoms with Gasteiger partial charge in [-0.25, -0.2) is 0 Å². The highest BCUT2D eigenvalue weighted by Gasteiger charge is 2.32. The molecule has 0 saturated carbocycles. The summed E-state index contributed by atoms with van der Waals surface area (Å²) in [5.41, 5.74) is 6.79. The van der Waals surface area contributed by atoms with E-state index in [9.17, 15) is 4.79 Å². The van der Waals surface area contributed by atoms with Crippen LogP contribution in [0.15, 0.2) is 30.3 Å². The van der Waals surface area contributed by atoms with Crippen LogP contribution in [0.25, 0.3) is 0 Å². The number of piperidine rings is 1. The lowest BCUT2D eigenvalue weighted by Gasteiger charge is -2.41. The van der Waals surface area contributed by atoms with Gasteiger partial charge in [-0.15, -0.1) is 0 Å². The number of hydrogen-bond acceptors (Lipinski definition) is 3. The standard InChI is InChI=1S/C17H27N3O/c1-13-10-20(12-15-6-4-3-5-7-15)11-14(2)17(13)19-16(21)8-9-18/h3-7,13-14,17H,8-12,18H2,1-2H3,(H,19,21). The molecule has 1 saturated heterocycles. The van der Waals surface area contributed by atoms with E-state index in [1.54, 1.807) is 0 Å². The number of carbonyl (C=O) groups is 1. The first-order valence-electron chi connectivity index (χ1n) is 7.86. The van der Waals surface area contributed by atoms with Crippen LogP contribution in [0.3, 0.4) is 0 Å². The van der Waals surface area contributed by atoms with E-state index in [4.69, 9.17) is 5.73 Å². The molecule has 1 amide bonds. The molecule has 1 heterocycles. The van der Waals surface area contributed by atoms with Crippen molar-refractivity contribution in [2.75, 3.05) is 19.6 Å². The van der Waals surface area contributed by atoms with Crippen LogP contribution in [0, 0.1) is 11.8 Å². The van der Waals surface area contributed by atoms with Gasteiger partial charge in [0.15, 0.2) is 0 Å². The molecular formula is C17H27N3O. The Labute approximate surface area is 127 Å². The van der Waals surface area contributed by atoms with E-state index >= 15 is 0 Å². The van der Waals surface area contributed by atoms with Gasteiger partial charge in [-0.2, -0.15) is 0 Å². The van der Waals surface area contributed by atoms with E-state index in [-0.39, 0.29) is 11.9 Å². The van der Waals surface area contributed by atoms with Gasteiger partial charge in [0.1, 0.15) is 0 Å². The van der Waals surface area contributed by atoms with Crippen LogP contribution < -0.4 is 11.1 Å². The molecule has 0 aromatic heterocycles. The Morgan fingerprint density at radius 2 is 1.86 bits per heavy atom. The van der Waals surface area contributed by atoms with Crippen molar-refractivity contribution >= 4 is 5.91 Å². The first-order valence-corrected chi connectivity index (χ1v) is 7.86. The highest BCUT2D eigenvalue weighted by Crippen LogP contribution is 2.23. The molecule has 2 atom stereocenters. The minimum Gasteiger partial charge on any atom is -0.353 e. The fourth-order valence-electron chi connectivity index (χ4n) is 3.32. The van der Waals surface area contributed by atoms with Crippen LogP contribution in [0.4, 0.5) is 0 Å². The minimum atomic E-state index is 0.0812. The number of amides is 1. The lowest BCUT2D eigenvalue weighted by atomic mass is 9.85.